The number of hydrogen-bond acceptors (Lipinski definition) is 5. The second kappa shape index (κ2) is 8.44. The molecule has 0 aliphatic carbocycles. The molecule has 5 nitrogen and oxygen atoms in total. The Hall–Kier alpha value is -2.19. The fourth-order valence-corrected chi connectivity index (χ4v) is 1.91. The Balaban J connectivity index is 3.22. The number of nitrogens with two attached hydrogens (primary N) is 1. The van der Waals surface area contributed by atoms with Gasteiger partial charge in [-0.2, -0.15) is 13.2 Å². The number of halogens is 3. The Kier molecular flexibility index (Phi) is 6.92. The number of aliphatic imine (C=N–C) groups is 2. The zero-order valence-electron chi connectivity index (χ0n) is 13.0. The summed E-state index contributed by atoms with van der Waals surface area (Å²) in [7, 11) is 1.74. The summed E-state index contributed by atoms with van der Waals surface area (Å²) in [4.78, 5) is 7.97. The van der Waals surface area contributed by atoms with Crippen LogP contribution in [0.15, 0.2) is 45.6 Å². The minimum absolute atomic E-state index is 0.104. The molecule has 0 fully saturated rings. The maximum atomic E-state index is 12.8. The van der Waals surface area contributed by atoms with Crippen LogP contribution in [0.3, 0.4) is 0 Å². The van der Waals surface area contributed by atoms with Crippen LogP contribution in [0.4, 0.5) is 18.9 Å². The van der Waals surface area contributed by atoms with E-state index in [1.807, 2.05) is 0 Å². The zero-order valence-corrected chi connectivity index (χ0v) is 13.0. The second-order valence-corrected chi connectivity index (χ2v) is 4.65. The van der Waals surface area contributed by atoms with Gasteiger partial charge in [-0.05, 0) is 38.9 Å². The van der Waals surface area contributed by atoms with Crippen molar-refractivity contribution in [3.63, 3.8) is 0 Å². The lowest BCUT2D eigenvalue weighted by Crippen LogP contribution is -2.20. The minimum atomic E-state index is -4.41. The van der Waals surface area contributed by atoms with E-state index in [9.17, 15) is 13.2 Å². The molecule has 0 saturated carbocycles. The van der Waals surface area contributed by atoms with Crippen molar-refractivity contribution in [2.24, 2.45) is 15.7 Å². The van der Waals surface area contributed by atoms with Crippen molar-refractivity contribution in [2.75, 3.05) is 25.6 Å². The summed E-state index contributed by atoms with van der Waals surface area (Å²) < 4.78 is 38.3. The number of hydrogen-bond donors (Lipinski definition) is 3. The molecule has 0 heterocycles. The topological polar surface area (TPSA) is 74.8 Å². The largest absolute Gasteiger partial charge is 0.416 e. The van der Waals surface area contributed by atoms with E-state index in [0.717, 1.165) is 12.1 Å². The molecule has 1 rings (SSSR count). The van der Waals surface area contributed by atoms with Crippen molar-refractivity contribution in [2.45, 2.75) is 13.1 Å². The number of nitrogens with zero attached hydrogens (tertiary/aromatic N) is 2. The average Bonchev–Trinajstić information content (AvgIpc) is 2.50. The minimum Gasteiger partial charge on any atom is -0.340 e. The van der Waals surface area contributed by atoms with Crippen LogP contribution in [-0.4, -0.2) is 32.7 Å². The molecule has 0 saturated heterocycles. The third-order valence-corrected chi connectivity index (χ3v) is 3.02. The molecule has 0 atom stereocenters. The highest BCUT2D eigenvalue weighted by atomic mass is 19.4. The summed E-state index contributed by atoms with van der Waals surface area (Å²) in [6, 6.07) is 4.86. The normalized spacial score (nSPS) is 13.6. The van der Waals surface area contributed by atoms with Crippen molar-refractivity contribution in [1.29, 1.82) is 0 Å². The average molecular weight is 327 g/mol. The molecule has 126 valence electrons. The summed E-state index contributed by atoms with van der Waals surface area (Å²) in [5.41, 5.74) is 6.22. The number of nitrogens with one attached hydrogen (secondary N) is 2. The van der Waals surface area contributed by atoms with E-state index in [-0.39, 0.29) is 12.4 Å². The van der Waals surface area contributed by atoms with E-state index in [4.69, 9.17) is 5.73 Å². The fraction of sp³-hybridized carbons (Fsp3) is 0.333. The summed E-state index contributed by atoms with van der Waals surface area (Å²) in [6.07, 6.45) is -4.41. The van der Waals surface area contributed by atoms with Crippen LogP contribution >= 0.6 is 0 Å². The summed E-state index contributed by atoms with van der Waals surface area (Å²) in [6.45, 7) is 5.73. The molecule has 0 unspecified atom stereocenters. The van der Waals surface area contributed by atoms with Gasteiger partial charge < -0.3 is 16.4 Å². The van der Waals surface area contributed by atoms with Crippen molar-refractivity contribution >= 4 is 18.1 Å². The first-order valence-corrected chi connectivity index (χ1v) is 6.83. The van der Waals surface area contributed by atoms with Crippen molar-refractivity contribution in [3.8, 4) is 0 Å². The third-order valence-electron chi connectivity index (χ3n) is 3.02. The first-order valence-electron chi connectivity index (χ1n) is 6.83. The molecule has 0 amide bonds. The van der Waals surface area contributed by atoms with Crippen LogP contribution in [0, 0.1) is 0 Å². The Morgan fingerprint density at radius 3 is 2.57 bits per heavy atom. The zero-order chi connectivity index (χ0) is 17.5. The molecule has 0 bridgehead atoms. The Morgan fingerprint density at radius 1 is 1.35 bits per heavy atom. The van der Waals surface area contributed by atoms with E-state index in [0.29, 0.717) is 23.7 Å². The number of alkyl halides is 3. The van der Waals surface area contributed by atoms with Gasteiger partial charge in [-0.25, -0.2) is 4.99 Å². The molecule has 0 aromatic heterocycles. The molecule has 4 N–H and O–H groups in total. The quantitative estimate of drug-likeness (QED) is 0.674. The maximum absolute atomic E-state index is 12.8. The van der Waals surface area contributed by atoms with E-state index in [1.54, 1.807) is 14.0 Å². The van der Waals surface area contributed by atoms with Gasteiger partial charge in [0.25, 0.3) is 0 Å². The summed E-state index contributed by atoms with van der Waals surface area (Å²) >= 11 is 0. The number of anilines is 1. The standard InChI is InChI=1S/C15H20F3N5/c1-10(22-9-19)13(8-20-2)14(21-3)23-12-6-4-5-11(7-12)15(16,17)18/h4-7,20,23H,3,8-9,19H2,1-2H3/b14-13+,22-10?. The van der Waals surface area contributed by atoms with Gasteiger partial charge in [-0.3, -0.25) is 4.99 Å². The predicted molar refractivity (Wildman–Crippen MR) is 87.7 cm³/mol. The second-order valence-electron chi connectivity index (χ2n) is 4.65. The van der Waals surface area contributed by atoms with Crippen molar-refractivity contribution in [1.82, 2.24) is 5.32 Å². The van der Waals surface area contributed by atoms with Crippen molar-refractivity contribution in [3.05, 3.63) is 41.2 Å². The fourth-order valence-electron chi connectivity index (χ4n) is 1.91. The van der Waals surface area contributed by atoms with Gasteiger partial charge in [-0.15, -0.1) is 0 Å². The number of rotatable bonds is 7. The molecule has 0 spiro atoms. The summed E-state index contributed by atoms with van der Waals surface area (Å²) in [5.74, 6) is 0.327. The molecule has 0 aliphatic heterocycles. The molecular weight excluding hydrogens is 307 g/mol. The number of benzene rings is 1. The number of likely N-dealkylation sites (N-methyl/N-ethyl adjacent to an activating group) is 1. The van der Waals surface area contributed by atoms with Crippen LogP contribution in [-0.2, 0) is 6.18 Å². The van der Waals surface area contributed by atoms with E-state index in [1.165, 1.54) is 12.1 Å². The maximum Gasteiger partial charge on any atom is 0.416 e. The SMILES string of the molecule is C=N/C(Nc1cccc(C(F)(F)F)c1)=C(/CNC)C(C)=NCN. The highest BCUT2D eigenvalue weighted by Crippen LogP contribution is 2.31. The summed E-state index contributed by atoms with van der Waals surface area (Å²) in [5, 5.41) is 5.81. The first kappa shape index (κ1) is 18.9. The molecule has 0 aliphatic rings. The monoisotopic (exact) mass is 327 g/mol. The molecular formula is C15H20F3N5. The van der Waals surface area contributed by atoms with Crippen LogP contribution < -0.4 is 16.4 Å². The van der Waals surface area contributed by atoms with Gasteiger partial charge in [0.05, 0.1) is 12.2 Å². The highest BCUT2D eigenvalue weighted by molar-refractivity contribution is 5.99. The Morgan fingerprint density at radius 2 is 2.04 bits per heavy atom. The Labute approximate surface area is 133 Å². The predicted octanol–water partition coefficient (Wildman–Crippen LogP) is 2.63. The van der Waals surface area contributed by atoms with Gasteiger partial charge in [0.1, 0.15) is 5.82 Å². The van der Waals surface area contributed by atoms with Crippen molar-refractivity contribution < 1.29 is 13.2 Å². The molecule has 1 aromatic rings. The van der Waals surface area contributed by atoms with E-state index in [2.05, 4.69) is 27.3 Å². The Bertz CT molecular complexity index is 605. The van der Waals surface area contributed by atoms with E-state index >= 15 is 0 Å². The van der Waals surface area contributed by atoms with Gasteiger partial charge in [0, 0.05) is 23.5 Å². The van der Waals surface area contributed by atoms with Gasteiger partial charge in [0.15, 0.2) is 0 Å². The van der Waals surface area contributed by atoms with Crippen LogP contribution in [0.1, 0.15) is 12.5 Å². The first-order chi connectivity index (χ1) is 10.8. The molecule has 1 aromatic carbocycles. The lowest BCUT2D eigenvalue weighted by Gasteiger charge is -2.15. The molecule has 0 radical (unpaired) electrons. The molecule has 23 heavy (non-hydrogen) atoms. The lowest BCUT2D eigenvalue weighted by molar-refractivity contribution is -0.137. The van der Waals surface area contributed by atoms with Crippen LogP contribution in [0.2, 0.25) is 0 Å². The van der Waals surface area contributed by atoms with Crippen LogP contribution in [0.5, 0.6) is 0 Å². The van der Waals surface area contributed by atoms with E-state index < -0.39 is 11.7 Å². The van der Waals surface area contributed by atoms with Gasteiger partial charge in [0.2, 0.25) is 0 Å². The highest BCUT2D eigenvalue weighted by Gasteiger charge is 2.30. The van der Waals surface area contributed by atoms with Crippen LogP contribution in [0.25, 0.3) is 0 Å². The lowest BCUT2D eigenvalue weighted by atomic mass is 10.1. The van der Waals surface area contributed by atoms with Gasteiger partial charge in [-0.1, -0.05) is 6.07 Å². The smallest absolute Gasteiger partial charge is 0.340 e. The molecule has 8 heteroatoms. The van der Waals surface area contributed by atoms with Gasteiger partial charge >= 0.3 is 6.18 Å². The third kappa shape index (κ3) is 5.50.